The topological polar surface area (TPSA) is 115 Å². The molecule has 0 heterocycles. The number of carbonyl (C=O) groups is 1. The van der Waals surface area contributed by atoms with Gasteiger partial charge in [-0.15, -0.1) is 0 Å². The number of nitrogens with two attached hydrogens (primary N) is 1. The first-order chi connectivity index (χ1) is 13.5. The Balaban J connectivity index is 0. The van der Waals surface area contributed by atoms with E-state index in [-0.39, 0.29) is 12.1 Å². The maximum atomic E-state index is 13.3. The number of ether oxygens (including phenoxy) is 4. The van der Waals surface area contributed by atoms with E-state index in [0.717, 1.165) is 19.3 Å². The molecule has 7 heteroatoms. The van der Waals surface area contributed by atoms with Gasteiger partial charge in [0.15, 0.2) is 0 Å². The summed E-state index contributed by atoms with van der Waals surface area (Å²) in [7, 11) is 0. The Morgan fingerprint density at radius 3 is 1.66 bits per heavy atom. The van der Waals surface area contributed by atoms with Crippen LogP contribution in [0, 0.1) is 5.41 Å². The van der Waals surface area contributed by atoms with Crippen molar-refractivity contribution in [3.05, 3.63) is 0 Å². The van der Waals surface area contributed by atoms with E-state index >= 15 is 0 Å². The fraction of sp³-hybridized carbons (Fsp3) is 0.955. The molecule has 0 rings (SSSR count). The molecule has 0 bridgehead atoms. The van der Waals surface area contributed by atoms with E-state index in [9.17, 15) is 4.79 Å². The van der Waals surface area contributed by atoms with Gasteiger partial charge in [0, 0.05) is 19.8 Å². The van der Waals surface area contributed by atoms with Gasteiger partial charge in [0.05, 0.1) is 6.61 Å². The molecule has 29 heavy (non-hydrogen) atoms. The van der Waals surface area contributed by atoms with Crippen LogP contribution in [0.5, 0.6) is 0 Å². The van der Waals surface area contributed by atoms with Crippen molar-refractivity contribution in [2.24, 2.45) is 11.1 Å². The molecule has 1 unspecified atom stereocenters. The molecule has 0 saturated carbocycles. The molecule has 0 saturated heterocycles. The molecule has 0 aromatic heterocycles. The lowest BCUT2D eigenvalue weighted by atomic mass is 9.75. The highest BCUT2D eigenvalue weighted by Gasteiger charge is 2.60. The first-order valence-corrected chi connectivity index (χ1v) is 11.3. The van der Waals surface area contributed by atoms with Gasteiger partial charge in [0.2, 0.25) is 0 Å². The summed E-state index contributed by atoms with van der Waals surface area (Å²) in [5.41, 5.74) is 4.78. The van der Waals surface area contributed by atoms with Gasteiger partial charge in [-0.3, -0.25) is 4.79 Å². The summed E-state index contributed by atoms with van der Waals surface area (Å²) >= 11 is 0. The van der Waals surface area contributed by atoms with Crippen LogP contribution in [0.25, 0.3) is 0 Å². The SMILES string of the molecule is CCCCCCCCC(CCCN)(C(=O)OCC)C(OCC)(OCC)OCC.N. The summed E-state index contributed by atoms with van der Waals surface area (Å²) in [5.74, 6) is -1.76. The van der Waals surface area contributed by atoms with Crippen LogP contribution in [-0.4, -0.2) is 44.9 Å². The normalized spacial score (nSPS) is 13.6. The third kappa shape index (κ3) is 9.30. The number of hydrogen-bond acceptors (Lipinski definition) is 7. The molecular weight excluding hydrogens is 372 g/mol. The third-order valence-electron chi connectivity index (χ3n) is 5.02. The Morgan fingerprint density at radius 1 is 0.724 bits per heavy atom. The van der Waals surface area contributed by atoms with Gasteiger partial charge in [0.25, 0.3) is 5.97 Å². The molecule has 0 aromatic rings. The Morgan fingerprint density at radius 2 is 1.21 bits per heavy atom. The zero-order valence-electron chi connectivity index (χ0n) is 19.7. The molecule has 176 valence electrons. The van der Waals surface area contributed by atoms with Gasteiger partial charge < -0.3 is 30.8 Å². The fourth-order valence-electron chi connectivity index (χ4n) is 3.75. The summed E-state index contributed by atoms with van der Waals surface area (Å²) in [6.07, 6.45) is 8.57. The number of esters is 1. The highest BCUT2D eigenvalue weighted by atomic mass is 16.9. The molecule has 1 atom stereocenters. The van der Waals surface area contributed by atoms with Gasteiger partial charge in [-0.2, -0.15) is 0 Å². The number of rotatable bonds is 19. The average molecular weight is 421 g/mol. The van der Waals surface area contributed by atoms with E-state index in [0.29, 0.717) is 52.2 Å². The van der Waals surface area contributed by atoms with E-state index < -0.39 is 11.4 Å². The molecule has 5 N–H and O–H groups in total. The second-order valence-electron chi connectivity index (χ2n) is 7.07. The van der Waals surface area contributed by atoms with E-state index in [2.05, 4.69) is 6.92 Å². The predicted octanol–water partition coefficient (Wildman–Crippen LogP) is 4.95. The van der Waals surface area contributed by atoms with E-state index in [1.54, 1.807) is 0 Å². The molecule has 0 spiro atoms. The van der Waals surface area contributed by atoms with Crippen molar-refractivity contribution >= 4 is 5.97 Å². The zero-order chi connectivity index (χ0) is 21.3. The second kappa shape index (κ2) is 18.1. The van der Waals surface area contributed by atoms with Crippen LogP contribution in [0.2, 0.25) is 0 Å². The van der Waals surface area contributed by atoms with Crippen LogP contribution in [0.1, 0.15) is 92.4 Å². The number of carbonyl (C=O) groups excluding carboxylic acids is 1. The van der Waals surface area contributed by atoms with Crippen LogP contribution in [0.4, 0.5) is 0 Å². The molecule has 7 nitrogen and oxygen atoms in total. The van der Waals surface area contributed by atoms with Crippen molar-refractivity contribution in [1.82, 2.24) is 6.15 Å². The van der Waals surface area contributed by atoms with Crippen molar-refractivity contribution in [2.75, 3.05) is 33.0 Å². The minimum atomic E-state index is -1.45. The minimum Gasteiger partial charge on any atom is -0.465 e. The molecule has 0 amide bonds. The van der Waals surface area contributed by atoms with Crippen LogP contribution >= 0.6 is 0 Å². The fourth-order valence-corrected chi connectivity index (χ4v) is 3.75. The van der Waals surface area contributed by atoms with E-state index in [1.807, 2.05) is 27.7 Å². The average Bonchev–Trinajstić information content (AvgIpc) is 2.67. The first-order valence-electron chi connectivity index (χ1n) is 11.3. The standard InChI is InChI=1S/C22H45NO5.H3N/c1-6-11-12-13-14-15-17-21(18-16-19-23,20(24)25-7-2)22(26-8-3,27-9-4)28-10-5;/h6-19,23H2,1-5H3;1H3. The molecule has 0 aliphatic carbocycles. The molecule has 0 aromatic carbocycles. The second-order valence-corrected chi connectivity index (χ2v) is 7.07. The maximum Gasteiger partial charge on any atom is 0.320 e. The number of hydrogen-bond donors (Lipinski definition) is 2. The Bertz CT molecular complexity index is 378. The third-order valence-corrected chi connectivity index (χ3v) is 5.02. The van der Waals surface area contributed by atoms with Crippen LogP contribution < -0.4 is 11.9 Å². The van der Waals surface area contributed by atoms with Crippen LogP contribution in [0.3, 0.4) is 0 Å². The largest absolute Gasteiger partial charge is 0.465 e. The first kappa shape index (κ1) is 30.5. The quantitative estimate of drug-likeness (QED) is 0.172. The maximum absolute atomic E-state index is 13.3. The predicted molar refractivity (Wildman–Crippen MR) is 118 cm³/mol. The van der Waals surface area contributed by atoms with Gasteiger partial charge in [-0.1, -0.05) is 45.4 Å². The Labute approximate surface area is 178 Å². The number of unbranched alkanes of at least 4 members (excludes halogenated alkanes) is 5. The summed E-state index contributed by atoms with van der Waals surface area (Å²) < 4.78 is 23.7. The molecule has 0 aliphatic heterocycles. The summed E-state index contributed by atoms with van der Waals surface area (Å²) in [5, 5.41) is 0. The highest BCUT2D eigenvalue weighted by molar-refractivity contribution is 5.78. The van der Waals surface area contributed by atoms with Crippen molar-refractivity contribution in [3.63, 3.8) is 0 Å². The van der Waals surface area contributed by atoms with Gasteiger partial charge in [0.1, 0.15) is 5.41 Å². The lowest BCUT2D eigenvalue weighted by Gasteiger charge is -2.46. The lowest BCUT2D eigenvalue weighted by molar-refractivity contribution is -0.423. The van der Waals surface area contributed by atoms with Crippen molar-refractivity contribution in [1.29, 1.82) is 0 Å². The summed E-state index contributed by atoms with van der Waals surface area (Å²) in [6.45, 7) is 11.6. The Hall–Kier alpha value is -0.730. The van der Waals surface area contributed by atoms with Crippen LogP contribution in [0.15, 0.2) is 0 Å². The highest BCUT2D eigenvalue weighted by Crippen LogP contribution is 2.46. The van der Waals surface area contributed by atoms with E-state index in [4.69, 9.17) is 24.7 Å². The summed E-state index contributed by atoms with van der Waals surface area (Å²) in [6, 6.07) is 0. The monoisotopic (exact) mass is 420 g/mol. The van der Waals surface area contributed by atoms with E-state index in [1.165, 1.54) is 19.3 Å². The van der Waals surface area contributed by atoms with Crippen LogP contribution in [-0.2, 0) is 23.7 Å². The molecule has 0 radical (unpaired) electrons. The van der Waals surface area contributed by atoms with Crippen molar-refractivity contribution in [2.45, 2.75) is 98.4 Å². The van der Waals surface area contributed by atoms with Gasteiger partial charge in [-0.05, 0) is 53.5 Å². The molecular formula is C22H48N2O5. The smallest absolute Gasteiger partial charge is 0.320 e. The van der Waals surface area contributed by atoms with Crippen molar-refractivity contribution in [3.8, 4) is 0 Å². The van der Waals surface area contributed by atoms with Crippen molar-refractivity contribution < 1.29 is 23.7 Å². The molecule has 0 fully saturated rings. The van der Waals surface area contributed by atoms with Gasteiger partial charge in [-0.25, -0.2) is 0 Å². The lowest BCUT2D eigenvalue weighted by Crippen LogP contribution is -2.59. The summed E-state index contributed by atoms with van der Waals surface area (Å²) in [4.78, 5) is 13.3. The zero-order valence-corrected chi connectivity index (χ0v) is 19.7. The minimum absolute atomic E-state index is 0. The van der Waals surface area contributed by atoms with Gasteiger partial charge >= 0.3 is 5.97 Å². The Kier molecular flexibility index (Phi) is 19.0. The molecule has 0 aliphatic rings.